The zero-order valence-corrected chi connectivity index (χ0v) is 14.8. The molecule has 2 unspecified atom stereocenters. The third kappa shape index (κ3) is 4.08. The number of aliphatic carboxylic acids is 1. The van der Waals surface area contributed by atoms with Gasteiger partial charge in [-0.05, 0) is 39.3 Å². The number of likely N-dealkylation sites (tertiary alicyclic amines) is 1. The number of carboxylic acid groups (broad SMARTS) is 1. The van der Waals surface area contributed by atoms with E-state index in [4.69, 9.17) is 5.11 Å². The normalized spacial score (nSPS) is 18.8. The highest BCUT2D eigenvalue weighted by Gasteiger charge is 2.34. The number of amides is 2. The van der Waals surface area contributed by atoms with E-state index in [1.807, 2.05) is 13.8 Å². The first kappa shape index (κ1) is 18.3. The van der Waals surface area contributed by atoms with Gasteiger partial charge in [-0.3, -0.25) is 14.4 Å². The van der Waals surface area contributed by atoms with Crippen molar-refractivity contribution < 1.29 is 19.5 Å². The Morgan fingerprint density at radius 2 is 1.96 bits per heavy atom. The van der Waals surface area contributed by atoms with Crippen molar-refractivity contribution in [1.29, 1.82) is 0 Å². The first-order valence-electron chi connectivity index (χ1n) is 7.91. The standard InChI is InChI=1S/C17H22N2O4S/c1-10(2)19-9-8-13(16(19)21)18-15(20)12-6-4-5-7-14(12)24-11(3)17(22)23/h4-7,10-11,13H,8-9H2,1-3H3,(H,18,20)(H,22,23). The number of carbonyl (C=O) groups is 3. The number of thioether (sulfide) groups is 1. The molecular weight excluding hydrogens is 328 g/mol. The van der Waals surface area contributed by atoms with Crippen LogP contribution < -0.4 is 5.32 Å². The van der Waals surface area contributed by atoms with Crippen LogP contribution in [0.25, 0.3) is 0 Å². The van der Waals surface area contributed by atoms with Gasteiger partial charge in [-0.1, -0.05) is 12.1 Å². The third-order valence-electron chi connectivity index (χ3n) is 3.95. The fraction of sp³-hybridized carbons (Fsp3) is 0.471. The summed E-state index contributed by atoms with van der Waals surface area (Å²) in [6.45, 7) is 6.10. The summed E-state index contributed by atoms with van der Waals surface area (Å²) in [5.74, 6) is -1.35. The summed E-state index contributed by atoms with van der Waals surface area (Å²) in [6, 6.07) is 6.44. The molecule has 0 bridgehead atoms. The Balaban J connectivity index is 2.11. The van der Waals surface area contributed by atoms with Gasteiger partial charge in [-0.15, -0.1) is 11.8 Å². The molecule has 2 rings (SSSR count). The molecule has 2 atom stereocenters. The van der Waals surface area contributed by atoms with E-state index in [-0.39, 0.29) is 17.9 Å². The molecule has 1 aromatic carbocycles. The van der Waals surface area contributed by atoms with Gasteiger partial charge in [0.25, 0.3) is 5.91 Å². The number of rotatable bonds is 6. The van der Waals surface area contributed by atoms with Crippen LogP contribution in [0.15, 0.2) is 29.2 Å². The number of carboxylic acids is 1. The van der Waals surface area contributed by atoms with Crippen LogP contribution in [0.2, 0.25) is 0 Å². The predicted octanol–water partition coefficient (Wildman–Crippen LogP) is 1.99. The van der Waals surface area contributed by atoms with E-state index < -0.39 is 17.3 Å². The van der Waals surface area contributed by atoms with E-state index in [0.29, 0.717) is 23.4 Å². The Hall–Kier alpha value is -2.02. The lowest BCUT2D eigenvalue weighted by Gasteiger charge is -2.21. The molecule has 130 valence electrons. The van der Waals surface area contributed by atoms with Crippen LogP contribution in [0, 0.1) is 0 Å². The van der Waals surface area contributed by atoms with Crippen molar-refractivity contribution in [2.45, 2.75) is 49.4 Å². The van der Waals surface area contributed by atoms with Gasteiger partial charge in [0, 0.05) is 17.5 Å². The molecule has 24 heavy (non-hydrogen) atoms. The largest absolute Gasteiger partial charge is 0.480 e. The minimum absolute atomic E-state index is 0.0672. The van der Waals surface area contributed by atoms with Crippen LogP contribution >= 0.6 is 11.8 Å². The highest BCUT2D eigenvalue weighted by atomic mass is 32.2. The maximum atomic E-state index is 12.6. The van der Waals surface area contributed by atoms with Gasteiger partial charge < -0.3 is 15.3 Å². The summed E-state index contributed by atoms with van der Waals surface area (Å²) in [5.41, 5.74) is 0.395. The fourth-order valence-electron chi connectivity index (χ4n) is 2.58. The number of hydrogen-bond donors (Lipinski definition) is 2. The molecule has 0 spiro atoms. The Labute approximate surface area is 145 Å². The number of benzene rings is 1. The van der Waals surface area contributed by atoms with Crippen LogP contribution in [-0.4, -0.2) is 51.7 Å². The topological polar surface area (TPSA) is 86.7 Å². The Morgan fingerprint density at radius 3 is 2.54 bits per heavy atom. The van der Waals surface area contributed by atoms with Crippen LogP contribution in [0.4, 0.5) is 0 Å². The van der Waals surface area contributed by atoms with Gasteiger partial charge in [0.15, 0.2) is 0 Å². The van der Waals surface area contributed by atoms with E-state index in [0.717, 1.165) is 11.8 Å². The molecule has 0 radical (unpaired) electrons. The second-order valence-electron chi connectivity index (χ2n) is 6.03. The van der Waals surface area contributed by atoms with Gasteiger partial charge in [0.1, 0.15) is 11.3 Å². The Bertz CT molecular complexity index is 647. The molecular formula is C17H22N2O4S. The molecule has 1 heterocycles. The van der Waals surface area contributed by atoms with Gasteiger partial charge in [-0.2, -0.15) is 0 Å². The molecule has 2 N–H and O–H groups in total. The minimum Gasteiger partial charge on any atom is -0.480 e. The van der Waals surface area contributed by atoms with Crippen LogP contribution in [0.1, 0.15) is 37.6 Å². The highest BCUT2D eigenvalue weighted by molar-refractivity contribution is 8.00. The van der Waals surface area contributed by atoms with Gasteiger partial charge in [0.2, 0.25) is 5.91 Å². The van der Waals surface area contributed by atoms with E-state index in [9.17, 15) is 14.4 Å². The maximum absolute atomic E-state index is 12.6. The van der Waals surface area contributed by atoms with Gasteiger partial charge in [0.05, 0.1) is 5.56 Å². The summed E-state index contributed by atoms with van der Waals surface area (Å²) in [4.78, 5) is 38.2. The number of nitrogens with zero attached hydrogens (tertiary/aromatic N) is 1. The zero-order chi connectivity index (χ0) is 17.9. The molecule has 1 aromatic rings. The number of nitrogens with one attached hydrogen (secondary N) is 1. The summed E-state index contributed by atoms with van der Waals surface area (Å²) in [7, 11) is 0. The predicted molar refractivity (Wildman–Crippen MR) is 92.1 cm³/mol. The molecule has 0 aromatic heterocycles. The smallest absolute Gasteiger partial charge is 0.316 e. The summed E-state index contributed by atoms with van der Waals surface area (Å²) < 4.78 is 0. The molecule has 1 aliphatic rings. The van der Waals surface area contributed by atoms with Crippen molar-refractivity contribution in [3.8, 4) is 0 Å². The summed E-state index contributed by atoms with van der Waals surface area (Å²) >= 11 is 1.12. The summed E-state index contributed by atoms with van der Waals surface area (Å²) in [6.07, 6.45) is 0.587. The average Bonchev–Trinajstić information content (AvgIpc) is 2.88. The van der Waals surface area contributed by atoms with Crippen LogP contribution in [-0.2, 0) is 9.59 Å². The monoisotopic (exact) mass is 350 g/mol. The van der Waals surface area contributed by atoms with Crippen molar-refractivity contribution in [2.75, 3.05) is 6.54 Å². The van der Waals surface area contributed by atoms with Crippen LogP contribution in [0.5, 0.6) is 0 Å². The second kappa shape index (κ2) is 7.70. The van der Waals surface area contributed by atoms with E-state index in [1.165, 1.54) is 0 Å². The van der Waals surface area contributed by atoms with Gasteiger partial charge in [-0.25, -0.2) is 0 Å². The molecule has 1 fully saturated rings. The lowest BCUT2D eigenvalue weighted by molar-refractivity contribution is -0.136. The van der Waals surface area contributed by atoms with E-state index in [1.54, 1.807) is 36.1 Å². The fourth-order valence-corrected chi connectivity index (χ4v) is 3.51. The van der Waals surface area contributed by atoms with Crippen molar-refractivity contribution in [2.24, 2.45) is 0 Å². The number of carbonyl (C=O) groups excluding carboxylic acids is 2. The first-order valence-corrected chi connectivity index (χ1v) is 8.79. The van der Waals surface area contributed by atoms with Crippen molar-refractivity contribution >= 4 is 29.5 Å². The lowest BCUT2D eigenvalue weighted by Crippen LogP contribution is -2.43. The van der Waals surface area contributed by atoms with Crippen LogP contribution in [0.3, 0.4) is 0 Å². The zero-order valence-electron chi connectivity index (χ0n) is 14.0. The summed E-state index contributed by atoms with van der Waals surface area (Å²) in [5, 5.41) is 11.2. The lowest BCUT2D eigenvalue weighted by atomic mass is 10.2. The number of hydrogen-bond acceptors (Lipinski definition) is 4. The van der Waals surface area contributed by atoms with E-state index in [2.05, 4.69) is 5.32 Å². The van der Waals surface area contributed by atoms with Crippen molar-refractivity contribution in [1.82, 2.24) is 10.2 Å². The Kier molecular flexibility index (Phi) is 5.88. The van der Waals surface area contributed by atoms with Crippen molar-refractivity contribution in [3.05, 3.63) is 29.8 Å². The maximum Gasteiger partial charge on any atom is 0.316 e. The SMILES string of the molecule is CC(Sc1ccccc1C(=O)NC1CCN(C(C)C)C1=O)C(=O)O. The highest BCUT2D eigenvalue weighted by Crippen LogP contribution is 2.27. The van der Waals surface area contributed by atoms with E-state index >= 15 is 0 Å². The second-order valence-corrected chi connectivity index (χ2v) is 7.42. The average molecular weight is 350 g/mol. The molecule has 0 saturated carbocycles. The van der Waals surface area contributed by atoms with Crippen molar-refractivity contribution in [3.63, 3.8) is 0 Å². The minimum atomic E-state index is -0.936. The first-order chi connectivity index (χ1) is 11.3. The Morgan fingerprint density at radius 1 is 1.29 bits per heavy atom. The molecule has 1 aliphatic heterocycles. The molecule has 6 nitrogen and oxygen atoms in total. The molecule has 1 saturated heterocycles. The third-order valence-corrected chi connectivity index (χ3v) is 5.12. The molecule has 2 amide bonds. The molecule has 7 heteroatoms. The quantitative estimate of drug-likeness (QED) is 0.766. The van der Waals surface area contributed by atoms with Gasteiger partial charge >= 0.3 is 5.97 Å². The molecule has 0 aliphatic carbocycles.